The third-order valence-electron chi connectivity index (χ3n) is 4.16. The molecule has 1 atom stereocenters. The van der Waals surface area contributed by atoms with Crippen molar-refractivity contribution in [1.29, 1.82) is 0 Å². The summed E-state index contributed by atoms with van der Waals surface area (Å²) < 4.78 is 5.95. The summed E-state index contributed by atoms with van der Waals surface area (Å²) >= 11 is 2.09. The molecule has 3 heteroatoms. The van der Waals surface area contributed by atoms with Gasteiger partial charge in [-0.05, 0) is 49.7 Å². The predicted octanol–water partition coefficient (Wildman–Crippen LogP) is 3.69. The number of fused-ring (bicyclic) bond motifs is 1. The number of hydrogen-bond acceptors (Lipinski definition) is 3. The van der Waals surface area contributed by atoms with Crippen molar-refractivity contribution >= 4 is 11.8 Å². The Balaban J connectivity index is 1.79. The second-order valence-electron chi connectivity index (χ2n) is 5.59. The highest BCUT2D eigenvalue weighted by atomic mass is 32.2. The number of ether oxygens (including phenoxy) is 1. The van der Waals surface area contributed by atoms with Crippen molar-refractivity contribution in [2.45, 2.75) is 44.7 Å². The third-order valence-corrected chi connectivity index (χ3v) is 5.21. The molecule has 104 valence electrons. The van der Waals surface area contributed by atoms with E-state index in [9.17, 15) is 0 Å². The molecule has 19 heavy (non-hydrogen) atoms. The van der Waals surface area contributed by atoms with Crippen LogP contribution in [0.1, 0.15) is 42.9 Å². The number of para-hydroxylation sites is 1. The molecule has 0 amide bonds. The van der Waals surface area contributed by atoms with Gasteiger partial charge in [0.15, 0.2) is 0 Å². The lowest BCUT2D eigenvalue weighted by atomic mass is 9.98. The van der Waals surface area contributed by atoms with Crippen LogP contribution < -0.4 is 10.1 Å². The van der Waals surface area contributed by atoms with Gasteiger partial charge in [-0.1, -0.05) is 18.2 Å². The maximum absolute atomic E-state index is 5.95. The predicted molar refractivity (Wildman–Crippen MR) is 82.1 cm³/mol. The first-order valence-electron chi connectivity index (χ1n) is 7.40. The molecule has 2 nitrogen and oxygen atoms in total. The van der Waals surface area contributed by atoms with Crippen LogP contribution >= 0.6 is 11.8 Å². The SMILES string of the molecule is Cc1cccc2c1OCCCC2NC1CCSCC1. The minimum atomic E-state index is 0.477. The Labute approximate surface area is 120 Å². The van der Waals surface area contributed by atoms with E-state index in [0.717, 1.165) is 18.8 Å². The van der Waals surface area contributed by atoms with E-state index in [2.05, 4.69) is 42.2 Å². The number of benzene rings is 1. The van der Waals surface area contributed by atoms with Gasteiger partial charge >= 0.3 is 0 Å². The first-order chi connectivity index (χ1) is 9.34. The molecular formula is C16H23NOS. The van der Waals surface area contributed by atoms with Crippen LogP contribution in [-0.2, 0) is 0 Å². The minimum Gasteiger partial charge on any atom is -0.493 e. The van der Waals surface area contributed by atoms with E-state index < -0.39 is 0 Å². The topological polar surface area (TPSA) is 21.3 Å². The normalized spacial score (nSPS) is 24.4. The highest BCUT2D eigenvalue weighted by molar-refractivity contribution is 7.99. The van der Waals surface area contributed by atoms with E-state index >= 15 is 0 Å². The van der Waals surface area contributed by atoms with Crippen molar-refractivity contribution in [3.05, 3.63) is 29.3 Å². The number of aryl methyl sites for hydroxylation is 1. The summed E-state index contributed by atoms with van der Waals surface area (Å²) in [6.07, 6.45) is 4.96. The fourth-order valence-corrected chi connectivity index (χ4v) is 4.19. The second kappa shape index (κ2) is 6.19. The van der Waals surface area contributed by atoms with Crippen LogP contribution in [0.2, 0.25) is 0 Å². The maximum Gasteiger partial charge on any atom is 0.126 e. The summed E-state index contributed by atoms with van der Waals surface area (Å²) in [6.45, 7) is 3.01. The smallest absolute Gasteiger partial charge is 0.126 e. The molecule has 0 radical (unpaired) electrons. The van der Waals surface area contributed by atoms with Crippen molar-refractivity contribution in [2.75, 3.05) is 18.1 Å². The van der Waals surface area contributed by atoms with Gasteiger partial charge in [0.25, 0.3) is 0 Å². The largest absolute Gasteiger partial charge is 0.493 e. The Kier molecular flexibility index (Phi) is 4.34. The molecule has 2 aliphatic heterocycles. The molecule has 2 aliphatic rings. The summed E-state index contributed by atoms with van der Waals surface area (Å²) in [6, 6.07) is 7.72. The molecule has 0 aliphatic carbocycles. The molecule has 1 aromatic carbocycles. The van der Waals surface area contributed by atoms with Crippen molar-refractivity contribution in [3.63, 3.8) is 0 Å². The van der Waals surface area contributed by atoms with Crippen molar-refractivity contribution in [2.24, 2.45) is 0 Å². The van der Waals surface area contributed by atoms with Crippen molar-refractivity contribution < 1.29 is 4.74 Å². The zero-order valence-corrected chi connectivity index (χ0v) is 12.5. The van der Waals surface area contributed by atoms with Gasteiger partial charge < -0.3 is 10.1 Å². The van der Waals surface area contributed by atoms with Gasteiger partial charge in [0.05, 0.1) is 6.61 Å². The highest BCUT2D eigenvalue weighted by Gasteiger charge is 2.24. The van der Waals surface area contributed by atoms with Gasteiger partial charge in [0.1, 0.15) is 5.75 Å². The van der Waals surface area contributed by atoms with Crippen LogP contribution in [0.4, 0.5) is 0 Å². The van der Waals surface area contributed by atoms with Gasteiger partial charge in [-0.3, -0.25) is 0 Å². The number of thioether (sulfide) groups is 1. The van der Waals surface area contributed by atoms with Crippen LogP contribution in [0.25, 0.3) is 0 Å². The van der Waals surface area contributed by atoms with Crippen LogP contribution in [0, 0.1) is 6.92 Å². The molecule has 1 fully saturated rings. The lowest BCUT2D eigenvalue weighted by Crippen LogP contribution is -2.35. The highest BCUT2D eigenvalue weighted by Crippen LogP contribution is 2.35. The summed E-state index contributed by atoms with van der Waals surface area (Å²) in [5.74, 6) is 3.74. The van der Waals surface area contributed by atoms with Gasteiger partial charge in [0.2, 0.25) is 0 Å². The monoisotopic (exact) mass is 277 g/mol. The third kappa shape index (κ3) is 3.09. The summed E-state index contributed by atoms with van der Waals surface area (Å²) in [5.41, 5.74) is 2.64. The molecule has 3 rings (SSSR count). The average Bonchev–Trinajstić information content (AvgIpc) is 2.64. The molecule has 0 saturated carbocycles. The second-order valence-corrected chi connectivity index (χ2v) is 6.81. The molecule has 2 heterocycles. The number of nitrogens with one attached hydrogen (secondary N) is 1. The Hall–Kier alpha value is -0.670. The Morgan fingerprint density at radius 1 is 1.21 bits per heavy atom. The van der Waals surface area contributed by atoms with Crippen LogP contribution in [-0.4, -0.2) is 24.2 Å². The Bertz CT molecular complexity index is 429. The van der Waals surface area contributed by atoms with Crippen molar-refractivity contribution in [1.82, 2.24) is 5.32 Å². The lowest BCUT2D eigenvalue weighted by molar-refractivity contribution is 0.312. The lowest BCUT2D eigenvalue weighted by Gasteiger charge is -2.28. The summed E-state index contributed by atoms with van der Waals surface area (Å²) in [5, 5.41) is 3.89. The molecule has 1 unspecified atom stereocenters. The van der Waals surface area contributed by atoms with E-state index in [1.165, 1.54) is 41.9 Å². The first-order valence-corrected chi connectivity index (χ1v) is 8.56. The van der Waals surface area contributed by atoms with E-state index in [1.807, 2.05) is 0 Å². The number of rotatable bonds is 2. The molecular weight excluding hydrogens is 254 g/mol. The maximum atomic E-state index is 5.95. The molecule has 1 aromatic rings. The van der Waals surface area contributed by atoms with Gasteiger partial charge in [0, 0.05) is 17.6 Å². The fourth-order valence-electron chi connectivity index (χ4n) is 3.09. The minimum absolute atomic E-state index is 0.477. The average molecular weight is 277 g/mol. The van der Waals surface area contributed by atoms with E-state index in [4.69, 9.17) is 4.74 Å². The van der Waals surface area contributed by atoms with Crippen LogP contribution in [0.3, 0.4) is 0 Å². The Morgan fingerprint density at radius 3 is 2.89 bits per heavy atom. The van der Waals surface area contributed by atoms with Gasteiger partial charge in [-0.15, -0.1) is 0 Å². The zero-order chi connectivity index (χ0) is 13.1. The van der Waals surface area contributed by atoms with Crippen LogP contribution in [0.15, 0.2) is 18.2 Å². The fraction of sp³-hybridized carbons (Fsp3) is 0.625. The van der Waals surface area contributed by atoms with Gasteiger partial charge in [-0.2, -0.15) is 11.8 Å². The van der Waals surface area contributed by atoms with E-state index in [1.54, 1.807) is 0 Å². The zero-order valence-electron chi connectivity index (χ0n) is 11.7. The molecule has 0 bridgehead atoms. The Morgan fingerprint density at radius 2 is 2.05 bits per heavy atom. The molecule has 1 N–H and O–H groups in total. The standard InChI is InChI=1S/C16H23NOS/c1-12-4-2-5-14-15(6-3-9-18-16(12)14)17-13-7-10-19-11-8-13/h2,4-5,13,15,17H,3,6-11H2,1H3. The van der Waals surface area contributed by atoms with E-state index in [0.29, 0.717) is 12.1 Å². The van der Waals surface area contributed by atoms with E-state index in [-0.39, 0.29) is 0 Å². The summed E-state index contributed by atoms with van der Waals surface area (Å²) in [4.78, 5) is 0. The first kappa shape index (κ1) is 13.3. The molecule has 0 aromatic heterocycles. The summed E-state index contributed by atoms with van der Waals surface area (Å²) in [7, 11) is 0. The van der Waals surface area contributed by atoms with Crippen molar-refractivity contribution in [3.8, 4) is 5.75 Å². The van der Waals surface area contributed by atoms with Crippen LogP contribution in [0.5, 0.6) is 5.75 Å². The quantitative estimate of drug-likeness (QED) is 0.890. The number of hydrogen-bond donors (Lipinski definition) is 1. The van der Waals surface area contributed by atoms with Gasteiger partial charge in [-0.25, -0.2) is 0 Å². The molecule has 1 saturated heterocycles. The molecule has 0 spiro atoms.